The smallest absolute Gasteiger partial charge is 0.227 e. The van der Waals surface area contributed by atoms with Crippen molar-refractivity contribution in [1.82, 2.24) is 0 Å². The number of carbonyl (C=O) groups excluding carboxylic acids is 2. The van der Waals surface area contributed by atoms with Crippen molar-refractivity contribution in [1.29, 1.82) is 0 Å². The van der Waals surface area contributed by atoms with E-state index in [1.165, 1.54) is 0 Å². The first-order valence-electron chi connectivity index (χ1n) is 8.25. The van der Waals surface area contributed by atoms with E-state index in [0.29, 0.717) is 11.4 Å². The number of amides is 1. The normalized spacial score (nSPS) is 20.4. The summed E-state index contributed by atoms with van der Waals surface area (Å²) in [4.78, 5) is 26.0. The summed E-state index contributed by atoms with van der Waals surface area (Å²) in [6.45, 7) is 1.97. The summed E-state index contributed by atoms with van der Waals surface area (Å²) >= 11 is 0. The lowest BCUT2D eigenvalue weighted by Gasteiger charge is -2.42. The maximum atomic E-state index is 12.6. The van der Waals surface area contributed by atoms with Crippen LogP contribution in [0.15, 0.2) is 48.5 Å². The van der Waals surface area contributed by atoms with Gasteiger partial charge in [-0.05, 0) is 43.2 Å². The molecule has 0 unspecified atom stereocenters. The number of aryl methyl sites for hydroxylation is 1. The van der Waals surface area contributed by atoms with Crippen molar-refractivity contribution < 1.29 is 19.4 Å². The summed E-state index contributed by atoms with van der Waals surface area (Å²) < 4.78 is 5.17. The van der Waals surface area contributed by atoms with E-state index in [1.54, 1.807) is 36.3 Å². The van der Waals surface area contributed by atoms with Crippen molar-refractivity contribution in [3.63, 3.8) is 0 Å². The van der Waals surface area contributed by atoms with E-state index < -0.39 is 17.9 Å². The van der Waals surface area contributed by atoms with Gasteiger partial charge >= 0.3 is 0 Å². The van der Waals surface area contributed by atoms with Gasteiger partial charge in [-0.15, -0.1) is 0 Å². The number of carboxylic acids is 1. The van der Waals surface area contributed by atoms with Crippen molar-refractivity contribution in [2.45, 2.75) is 25.8 Å². The number of benzene rings is 2. The fourth-order valence-electron chi connectivity index (χ4n) is 3.33. The predicted octanol–water partition coefficient (Wildman–Crippen LogP) is 2.24. The third kappa shape index (κ3) is 3.36. The highest BCUT2D eigenvalue weighted by Crippen LogP contribution is 2.40. The van der Waals surface area contributed by atoms with Crippen molar-refractivity contribution >= 4 is 17.6 Å². The van der Waals surface area contributed by atoms with Gasteiger partial charge in [-0.2, -0.15) is 0 Å². The first kappa shape index (κ1) is 17.0. The Morgan fingerprint density at radius 3 is 2.32 bits per heavy atom. The molecule has 3 rings (SSSR count). The predicted molar refractivity (Wildman–Crippen MR) is 92.1 cm³/mol. The van der Waals surface area contributed by atoms with Crippen LogP contribution in [0.3, 0.4) is 0 Å². The second-order valence-electron chi connectivity index (χ2n) is 6.28. The van der Waals surface area contributed by atoms with Crippen molar-refractivity contribution in [2.75, 3.05) is 12.0 Å². The zero-order chi connectivity index (χ0) is 18.0. The molecule has 0 spiro atoms. The average molecular weight is 338 g/mol. The molecule has 0 saturated carbocycles. The molecular weight excluding hydrogens is 318 g/mol. The highest BCUT2D eigenvalue weighted by atomic mass is 16.5. The van der Waals surface area contributed by atoms with Crippen molar-refractivity contribution in [3.8, 4) is 5.75 Å². The van der Waals surface area contributed by atoms with Gasteiger partial charge in [0, 0.05) is 24.0 Å². The molecule has 0 bridgehead atoms. The number of rotatable bonds is 4. The molecule has 2 aromatic rings. The molecule has 1 saturated heterocycles. The molecule has 2 atom stereocenters. The number of hydrogen-bond acceptors (Lipinski definition) is 4. The highest BCUT2D eigenvalue weighted by molar-refractivity contribution is 5.96. The molecule has 1 amide bonds. The molecule has 25 heavy (non-hydrogen) atoms. The molecule has 1 heterocycles. The van der Waals surface area contributed by atoms with Gasteiger partial charge in [0.15, 0.2) is 0 Å². The van der Waals surface area contributed by atoms with Crippen molar-refractivity contribution in [3.05, 3.63) is 59.7 Å². The van der Waals surface area contributed by atoms with E-state index in [0.717, 1.165) is 11.1 Å². The van der Waals surface area contributed by atoms with Crippen LogP contribution in [-0.2, 0) is 9.59 Å². The van der Waals surface area contributed by atoms with Crippen LogP contribution in [0.4, 0.5) is 5.69 Å². The molecule has 130 valence electrons. The SMILES string of the molecule is COc1ccc([C@@H]2[C@@H](C(=O)[O-])CCC(=O)N2c2ccc(C)cc2)cc1. The van der Waals surface area contributed by atoms with E-state index in [9.17, 15) is 14.7 Å². The minimum absolute atomic E-state index is 0.0813. The molecule has 0 aromatic heterocycles. The molecular formula is C20H20NO4-. The van der Waals surface area contributed by atoms with Crippen LogP contribution in [0.5, 0.6) is 5.75 Å². The van der Waals surface area contributed by atoms with Crippen LogP contribution in [0.1, 0.15) is 30.0 Å². The number of ether oxygens (including phenoxy) is 1. The standard InChI is InChI=1S/C20H21NO4/c1-13-3-7-15(8-4-13)21-18(22)12-11-17(20(23)24)19(21)14-5-9-16(25-2)10-6-14/h3-10,17,19H,11-12H2,1-2H3,(H,23,24)/p-1/t17-,19+/m0/s1. The molecule has 1 aliphatic heterocycles. The number of aliphatic carboxylic acids is 1. The zero-order valence-corrected chi connectivity index (χ0v) is 14.3. The number of carbonyl (C=O) groups is 2. The third-order valence-electron chi connectivity index (χ3n) is 4.67. The molecule has 0 radical (unpaired) electrons. The summed E-state index contributed by atoms with van der Waals surface area (Å²) in [6.07, 6.45) is 0.472. The second-order valence-corrected chi connectivity index (χ2v) is 6.28. The lowest BCUT2D eigenvalue weighted by molar-refractivity contribution is -0.312. The van der Waals surface area contributed by atoms with E-state index in [1.807, 2.05) is 31.2 Å². The van der Waals surface area contributed by atoms with E-state index in [2.05, 4.69) is 0 Å². The third-order valence-corrected chi connectivity index (χ3v) is 4.67. The van der Waals surface area contributed by atoms with Crippen LogP contribution in [0.2, 0.25) is 0 Å². The summed E-state index contributed by atoms with van der Waals surface area (Å²) in [7, 11) is 1.57. The Hall–Kier alpha value is -2.82. The topological polar surface area (TPSA) is 69.7 Å². The van der Waals surface area contributed by atoms with E-state index in [4.69, 9.17) is 4.74 Å². The molecule has 1 fully saturated rings. The van der Waals surface area contributed by atoms with Gasteiger partial charge in [-0.25, -0.2) is 0 Å². The molecule has 0 N–H and O–H groups in total. The van der Waals surface area contributed by atoms with Gasteiger partial charge in [0.1, 0.15) is 5.75 Å². The van der Waals surface area contributed by atoms with Gasteiger partial charge in [0.25, 0.3) is 0 Å². The average Bonchev–Trinajstić information content (AvgIpc) is 2.62. The Bertz CT molecular complexity index is 767. The fourth-order valence-corrected chi connectivity index (χ4v) is 3.33. The lowest BCUT2D eigenvalue weighted by atomic mass is 9.84. The molecule has 5 nitrogen and oxygen atoms in total. The molecule has 0 aliphatic carbocycles. The highest BCUT2D eigenvalue weighted by Gasteiger charge is 2.38. The Balaban J connectivity index is 2.07. The number of piperidine rings is 1. The number of anilines is 1. The van der Waals surface area contributed by atoms with Crippen LogP contribution in [0.25, 0.3) is 0 Å². The zero-order valence-electron chi connectivity index (χ0n) is 14.3. The Labute approximate surface area is 146 Å². The number of hydrogen-bond donors (Lipinski definition) is 0. The fraction of sp³-hybridized carbons (Fsp3) is 0.300. The molecule has 2 aromatic carbocycles. The van der Waals surface area contributed by atoms with Gasteiger partial charge in [0.05, 0.1) is 13.2 Å². The molecule has 5 heteroatoms. The first-order chi connectivity index (χ1) is 12.0. The summed E-state index contributed by atoms with van der Waals surface area (Å²) in [5, 5.41) is 11.7. The van der Waals surface area contributed by atoms with Gasteiger partial charge in [0.2, 0.25) is 5.91 Å². The first-order valence-corrected chi connectivity index (χ1v) is 8.25. The lowest BCUT2D eigenvalue weighted by Crippen LogP contribution is -2.49. The largest absolute Gasteiger partial charge is 0.550 e. The monoisotopic (exact) mass is 338 g/mol. The van der Waals surface area contributed by atoms with Gasteiger partial charge in [-0.3, -0.25) is 4.79 Å². The Morgan fingerprint density at radius 2 is 1.76 bits per heavy atom. The Kier molecular flexibility index (Phi) is 4.74. The number of nitrogens with zero attached hydrogens (tertiary/aromatic N) is 1. The molecule has 1 aliphatic rings. The van der Waals surface area contributed by atoms with Crippen LogP contribution < -0.4 is 14.7 Å². The van der Waals surface area contributed by atoms with E-state index in [-0.39, 0.29) is 18.7 Å². The van der Waals surface area contributed by atoms with Crippen LogP contribution in [0, 0.1) is 12.8 Å². The maximum absolute atomic E-state index is 12.6. The van der Waals surface area contributed by atoms with Gasteiger partial charge < -0.3 is 19.5 Å². The quantitative estimate of drug-likeness (QED) is 0.857. The summed E-state index contributed by atoms with van der Waals surface area (Å²) in [5.74, 6) is -1.29. The minimum Gasteiger partial charge on any atom is -0.550 e. The van der Waals surface area contributed by atoms with Gasteiger partial charge in [-0.1, -0.05) is 29.8 Å². The maximum Gasteiger partial charge on any atom is 0.227 e. The minimum atomic E-state index is -1.13. The Morgan fingerprint density at radius 1 is 1.12 bits per heavy atom. The van der Waals surface area contributed by atoms with Crippen molar-refractivity contribution in [2.24, 2.45) is 5.92 Å². The van der Waals surface area contributed by atoms with Crippen LogP contribution in [-0.4, -0.2) is 19.0 Å². The number of carboxylic acid groups (broad SMARTS) is 1. The second kappa shape index (κ2) is 6.97. The summed E-state index contributed by atoms with van der Waals surface area (Å²) in [5.41, 5.74) is 2.52. The summed E-state index contributed by atoms with van der Waals surface area (Å²) in [6, 6.07) is 14.1. The van der Waals surface area contributed by atoms with E-state index >= 15 is 0 Å². The number of methoxy groups -OCH3 is 1. The van der Waals surface area contributed by atoms with Crippen LogP contribution >= 0.6 is 0 Å².